The quantitative estimate of drug-likeness (QED) is 0.385. The minimum absolute atomic E-state index is 0.740. The molecule has 0 unspecified atom stereocenters. The zero-order valence-electron chi connectivity index (χ0n) is 13.5. The molecule has 0 aliphatic heterocycles. The summed E-state index contributed by atoms with van der Waals surface area (Å²) >= 11 is 13.1. The lowest BCUT2D eigenvalue weighted by atomic mass is 9.96. The molecule has 0 fully saturated rings. The van der Waals surface area contributed by atoms with Gasteiger partial charge in [-0.25, -0.2) is 4.98 Å². The molecule has 0 N–H and O–H groups in total. The van der Waals surface area contributed by atoms with Gasteiger partial charge in [0.1, 0.15) is 10.5 Å². The maximum atomic E-state index is 5.66. The molecule has 5 heteroatoms. The van der Waals surface area contributed by atoms with Gasteiger partial charge in [0.2, 0.25) is 0 Å². The largest absolute Gasteiger partial charge is 0.297 e. The summed E-state index contributed by atoms with van der Waals surface area (Å²) in [7, 11) is 0. The van der Waals surface area contributed by atoms with Crippen LogP contribution in [0.15, 0.2) is 57.5 Å². The first-order valence-electron chi connectivity index (χ1n) is 8.31. The molecule has 1 heterocycles. The van der Waals surface area contributed by atoms with Crippen molar-refractivity contribution in [2.45, 2.75) is 25.7 Å². The van der Waals surface area contributed by atoms with Crippen LogP contribution in [-0.2, 0) is 12.8 Å². The maximum Gasteiger partial charge on any atom is 0.147 e. The Bertz CT molecular complexity index is 1010. The molecule has 1 aliphatic rings. The Balaban J connectivity index is 2.11. The molecular weight excluding hydrogens is 460 g/mol. The van der Waals surface area contributed by atoms with Crippen molar-refractivity contribution in [3.8, 4) is 17.1 Å². The van der Waals surface area contributed by atoms with Crippen LogP contribution in [0.4, 0.5) is 0 Å². The van der Waals surface area contributed by atoms with E-state index in [2.05, 4.69) is 60.7 Å². The Morgan fingerprint density at radius 3 is 2.32 bits per heavy atom. The van der Waals surface area contributed by atoms with E-state index >= 15 is 0 Å². The summed E-state index contributed by atoms with van der Waals surface area (Å²) in [5, 5.41) is 0. The van der Waals surface area contributed by atoms with E-state index in [1.54, 1.807) is 0 Å². The highest BCUT2D eigenvalue weighted by Crippen LogP contribution is 2.35. The van der Waals surface area contributed by atoms with E-state index in [0.717, 1.165) is 43.5 Å². The third-order valence-corrected chi connectivity index (χ3v) is 6.29. The summed E-state index contributed by atoms with van der Waals surface area (Å²) in [5.74, 6) is 0.894. The van der Waals surface area contributed by atoms with Crippen molar-refractivity contribution < 1.29 is 0 Å². The molecule has 0 radical (unpaired) electrons. The van der Waals surface area contributed by atoms with Gasteiger partial charge in [-0.05, 0) is 59.8 Å². The van der Waals surface area contributed by atoms with Gasteiger partial charge in [0.25, 0.3) is 0 Å². The molecule has 1 aromatic heterocycles. The molecule has 0 saturated heterocycles. The van der Waals surface area contributed by atoms with Gasteiger partial charge in [0, 0.05) is 25.8 Å². The number of hydrogen-bond donors (Lipinski definition) is 0. The van der Waals surface area contributed by atoms with E-state index in [9.17, 15) is 0 Å². The SMILES string of the molecule is S=c1nc(-c2ccccc2Br)n(-c2ccccc2Br)c2c1CCCC2. The number of para-hydroxylation sites is 1. The van der Waals surface area contributed by atoms with Crippen LogP contribution in [0.25, 0.3) is 17.1 Å². The van der Waals surface area contributed by atoms with E-state index in [1.165, 1.54) is 24.1 Å². The number of aromatic nitrogens is 2. The molecule has 0 spiro atoms. The number of halogens is 2. The highest BCUT2D eigenvalue weighted by Gasteiger charge is 2.22. The minimum Gasteiger partial charge on any atom is -0.297 e. The van der Waals surface area contributed by atoms with Gasteiger partial charge in [-0.1, -0.05) is 58.5 Å². The Morgan fingerprint density at radius 2 is 1.56 bits per heavy atom. The van der Waals surface area contributed by atoms with Crippen LogP contribution in [0.3, 0.4) is 0 Å². The third-order valence-electron chi connectivity index (χ3n) is 4.59. The number of rotatable bonds is 2. The van der Waals surface area contributed by atoms with Crippen molar-refractivity contribution in [2.75, 3.05) is 0 Å². The average molecular weight is 476 g/mol. The van der Waals surface area contributed by atoms with Crippen LogP contribution in [0.5, 0.6) is 0 Å². The van der Waals surface area contributed by atoms with Gasteiger partial charge in [0.15, 0.2) is 0 Å². The smallest absolute Gasteiger partial charge is 0.147 e. The molecule has 1 aliphatic carbocycles. The fourth-order valence-corrected chi connectivity index (χ4v) is 4.65. The van der Waals surface area contributed by atoms with Crippen LogP contribution in [0, 0.1) is 4.64 Å². The third kappa shape index (κ3) is 3.14. The number of benzene rings is 2. The standard InChI is InChI=1S/C20H16Br2N2S/c21-15-9-3-1-7-13(15)19-23-20(25)14-8-2-5-11-17(14)24(19)18-12-6-4-10-16(18)22/h1,3-4,6-7,9-10,12H,2,5,8,11H2. The first-order chi connectivity index (χ1) is 12.2. The van der Waals surface area contributed by atoms with Crippen LogP contribution < -0.4 is 0 Å². The van der Waals surface area contributed by atoms with Crippen LogP contribution in [-0.4, -0.2) is 9.55 Å². The lowest BCUT2D eigenvalue weighted by molar-refractivity contribution is 0.641. The summed E-state index contributed by atoms with van der Waals surface area (Å²) in [6.07, 6.45) is 4.41. The maximum absolute atomic E-state index is 5.66. The van der Waals surface area contributed by atoms with E-state index in [1.807, 2.05) is 24.3 Å². The zero-order chi connectivity index (χ0) is 17.4. The van der Waals surface area contributed by atoms with Crippen molar-refractivity contribution in [2.24, 2.45) is 0 Å². The summed E-state index contributed by atoms with van der Waals surface area (Å²) in [6, 6.07) is 16.5. The number of fused-ring (bicyclic) bond motifs is 1. The van der Waals surface area contributed by atoms with Crippen LogP contribution in [0.1, 0.15) is 24.1 Å². The van der Waals surface area contributed by atoms with Crippen LogP contribution >= 0.6 is 44.1 Å². The topological polar surface area (TPSA) is 17.8 Å². The van der Waals surface area contributed by atoms with Gasteiger partial charge in [-0.3, -0.25) is 4.57 Å². The highest BCUT2D eigenvalue weighted by molar-refractivity contribution is 9.11. The van der Waals surface area contributed by atoms with E-state index < -0.39 is 0 Å². The molecule has 0 saturated carbocycles. The molecule has 2 nitrogen and oxygen atoms in total. The molecule has 2 aromatic carbocycles. The van der Waals surface area contributed by atoms with Crippen molar-refractivity contribution >= 4 is 44.1 Å². The summed E-state index contributed by atoms with van der Waals surface area (Å²) in [6.45, 7) is 0. The molecule has 0 bridgehead atoms. The summed E-state index contributed by atoms with van der Waals surface area (Å²) in [5.41, 5.74) is 4.68. The molecule has 0 atom stereocenters. The first kappa shape index (κ1) is 17.1. The number of hydrogen-bond acceptors (Lipinski definition) is 2. The first-order valence-corrected chi connectivity index (χ1v) is 10.3. The summed E-state index contributed by atoms with van der Waals surface area (Å²) in [4.78, 5) is 4.86. The van der Waals surface area contributed by atoms with Gasteiger partial charge in [0.05, 0.1) is 5.69 Å². The average Bonchev–Trinajstić information content (AvgIpc) is 2.63. The Morgan fingerprint density at radius 1 is 0.880 bits per heavy atom. The van der Waals surface area contributed by atoms with Gasteiger partial charge in [-0.15, -0.1) is 0 Å². The lowest BCUT2D eigenvalue weighted by Gasteiger charge is -2.25. The predicted molar refractivity (Wildman–Crippen MR) is 112 cm³/mol. The van der Waals surface area contributed by atoms with Gasteiger partial charge >= 0.3 is 0 Å². The highest BCUT2D eigenvalue weighted by atomic mass is 79.9. The molecule has 126 valence electrons. The van der Waals surface area contributed by atoms with Crippen LogP contribution in [0.2, 0.25) is 0 Å². The lowest BCUT2D eigenvalue weighted by Crippen LogP contribution is -2.17. The Labute approximate surface area is 169 Å². The predicted octanol–water partition coefficient (Wildman–Crippen LogP) is 6.67. The van der Waals surface area contributed by atoms with E-state index in [0.29, 0.717) is 0 Å². The zero-order valence-corrected chi connectivity index (χ0v) is 17.5. The van der Waals surface area contributed by atoms with Crippen molar-refractivity contribution in [3.05, 3.63) is 73.4 Å². The van der Waals surface area contributed by atoms with E-state index in [4.69, 9.17) is 17.2 Å². The molecular formula is C20H16Br2N2S. The van der Waals surface area contributed by atoms with Crippen molar-refractivity contribution in [3.63, 3.8) is 0 Å². The second-order valence-corrected chi connectivity index (χ2v) is 8.23. The van der Waals surface area contributed by atoms with Gasteiger partial charge in [-0.2, -0.15) is 0 Å². The minimum atomic E-state index is 0.740. The van der Waals surface area contributed by atoms with E-state index in [-0.39, 0.29) is 0 Å². The Hall–Kier alpha value is -1.30. The molecule has 3 aromatic rings. The van der Waals surface area contributed by atoms with Crippen molar-refractivity contribution in [1.82, 2.24) is 9.55 Å². The normalized spacial score (nSPS) is 13.5. The van der Waals surface area contributed by atoms with Crippen molar-refractivity contribution in [1.29, 1.82) is 0 Å². The Kier molecular flexibility index (Phi) is 4.89. The summed E-state index contributed by atoms with van der Waals surface area (Å²) < 4.78 is 5.10. The molecule has 25 heavy (non-hydrogen) atoms. The fourth-order valence-electron chi connectivity index (χ4n) is 3.42. The van der Waals surface area contributed by atoms with Gasteiger partial charge < -0.3 is 0 Å². The second kappa shape index (κ2) is 7.14. The fraction of sp³-hybridized carbons (Fsp3) is 0.200. The second-order valence-electron chi connectivity index (χ2n) is 6.14. The molecule has 0 amide bonds. The monoisotopic (exact) mass is 474 g/mol. The molecule has 4 rings (SSSR count). The number of nitrogens with zero attached hydrogens (tertiary/aromatic N) is 2.